The molecule has 1 N–H and O–H groups in total. The third-order valence-corrected chi connectivity index (χ3v) is 3.32. The normalized spacial score (nSPS) is 25.6. The van der Waals surface area contributed by atoms with E-state index in [0.717, 1.165) is 30.1 Å². The van der Waals surface area contributed by atoms with Gasteiger partial charge in [-0.1, -0.05) is 18.3 Å². The van der Waals surface area contributed by atoms with Crippen LogP contribution < -0.4 is 5.32 Å². The summed E-state index contributed by atoms with van der Waals surface area (Å²) in [4.78, 5) is 11.5. The predicted molar refractivity (Wildman–Crippen MR) is 54.6 cm³/mol. The number of nitrogens with zero attached hydrogens (tertiary/aromatic N) is 2. The molecule has 1 aliphatic rings. The van der Waals surface area contributed by atoms with Gasteiger partial charge in [0.05, 0.1) is 0 Å². The van der Waals surface area contributed by atoms with Crippen molar-refractivity contribution in [2.24, 2.45) is 5.92 Å². The average Bonchev–Trinajstić information content (AvgIpc) is 2.49. The van der Waals surface area contributed by atoms with Gasteiger partial charge in [-0.05, 0) is 30.4 Å². The summed E-state index contributed by atoms with van der Waals surface area (Å²) in [5.74, 6) is 0.560. The molecule has 14 heavy (non-hydrogen) atoms. The summed E-state index contributed by atoms with van der Waals surface area (Å²) in [6.45, 7) is 2.17. The lowest BCUT2D eigenvalue weighted by atomic mass is 9.82. The van der Waals surface area contributed by atoms with E-state index in [9.17, 15) is 4.79 Å². The van der Waals surface area contributed by atoms with Crippen LogP contribution in [0.1, 0.15) is 29.6 Å². The summed E-state index contributed by atoms with van der Waals surface area (Å²) in [6, 6.07) is 0.306. The molecule has 1 amide bonds. The number of hydrogen-bond donors (Lipinski definition) is 1. The van der Waals surface area contributed by atoms with E-state index >= 15 is 0 Å². The average molecular weight is 232 g/mol. The fraction of sp³-hybridized carbons (Fsp3) is 0.625. The van der Waals surface area contributed by atoms with Crippen LogP contribution in [0.4, 0.5) is 0 Å². The SMILES string of the molecule is CC1CC(NC(=O)c2nnc(Cl)s2)C1. The van der Waals surface area contributed by atoms with E-state index in [1.54, 1.807) is 0 Å². The maximum atomic E-state index is 11.5. The molecule has 6 heteroatoms. The van der Waals surface area contributed by atoms with Crippen molar-refractivity contribution in [2.45, 2.75) is 25.8 Å². The fourth-order valence-corrected chi connectivity index (χ4v) is 2.30. The highest BCUT2D eigenvalue weighted by Gasteiger charge is 2.27. The van der Waals surface area contributed by atoms with Gasteiger partial charge in [-0.3, -0.25) is 4.79 Å². The van der Waals surface area contributed by atoms with Gasteiger partial charge >= 0.3 is 0 Å². The Bertz CT molecular complexity index is 348. The summed E-state index contributed by atoms with van der Waals surface area (Å²) >= 11 is 6.68. The highest BCUT2D eigenvalue weighted by Crippen LogP contribution is 2.26. The van der Waals surface area contributed by atoms with E-state index in [-0.39, 0.29) is 5.91 Å². The Morgan fingerprint density at radius 1 is 1.57 bits per heavy atom. The Labute approximate surface area is 90.7 Å². The predicted octanol–water partition coefficient (Wildman–Crippen LogP) is 1.72. The van der Waals surface area contributed by atoms with Gasteiger partial charge in [-0.15, -0.1) is 10.2 Å². The van der Waals surface area contributed by atoms with E-state index in [4.69, 9.17) is 11.6 Å². The number of carbonyl (C=O) groups is 1. The van der Waals surface area contributed by atoms with Crippen LogP contribution in [0.2, 0.25) is 4.47 Å². The minimum atomic E-state index is -0.161. The molecule has 0 unspecified atom stereocenters. The molecule has 0 aliphatic heterocycles. The van der Waals surface area contributed by atoms with E-state index < -0.39 is 0 Å². The van der Waals surface area contributed by atoms with Crippen LogP contribution in [0.25, 0.3) is 0 Å². The van der Waals surface area contributed by atoms with Crippen molar-refractivity contribution < 1.29 is 4.79 Å². The molecule has 4 nitrogen and oxygen atoms in total. The molecule has 1 aliphatic carbocycles. The molecule has 0 aromatic carbocycles. The second-order valence-corrected chi connectivity index (χ2v) is 5.17. The molecular formula is C8H10ClN3OS. The third kappa shape index (κ3) is 2.04. The van der Waals surface area contributed by atoms with Crippen LogP contribution in [0.3, 0.4) is 0 Å². The van der Waals surface area contributed by atoms with Crippen LogP contribution in [-0.2, 0) is 0 Å². The Hall–Kier alpha value is -0.680. The Morgan fingerprint density at radius 3 is 2.79 bits per heavy atom. The largest absolute Gasteiger partial charge is 0.347 e. The van der Waals surface area contributed by atoms with Gasteiger partial charge in [0, 0.05) is 6.04 Å². The zero-order valence-corrected chi connectivity index (χ0v) is 9.23. The van der Waals surface area contributed by atoms with Crippen LogP contribution in [0.5, 0.6) is 0 Å². The Morgan fingerprint density at radius 2 is 2.29 bits per heavy atom. The first-order chi connectivity index (χ1) is 6.65. The molecule has 0 spiro atoms. The van der Waals surface area contributed by atoms with Gasteiger partial charge in [0.25, 0.3) is 5.91 Å². The number of amides is 1. The van der Waals surface area contributed by atoms with Crippen molar-refractivity contribution in [1.29, 1.82) is 0 Å². The molecule has 76 valence electrons. The van der Waals surface area contributed by atoms with Crippen molar-refractivity contribution in [3.05, 3.63) is 9.47 Å². The minimum absolute atomic E-state index is 0.161. The van der Waals surface area contributed by atoms with Crippen molar-refractivity contribution in [3.63, 3.8) is 0 Å². The van der Waals surface area contributed by atoms with Crippen molar-refractivity contribution in [3.8, 4) is 0 Å². The minimum Gasteiger partial charge on any atom is -0.347 e. The molecule has 1 fully saturated rings. The summed E-state index contributed by atoms with van der Waals surface area (Å²) in [5, 5.41) is 10.5. The molecule has 0 atom stereocenters. The summed E-state index contributed by atoms with van der Waals surface area (Å²) in [7, 11) is 0. The van der Waals surface area contributed by atoms with E-state index in [0.29, 0.717) is 15.5 Å². The summed E-state index contributed by atoms with van der Waals surface area (Å²) in [6.07, 6.45) is 2.11. The van der Waals surface area contributed by atoms with E-state index in [1.807, 2.05) is 0 Å². The lowest BCUT2D eigenvalue weighted by Crippen LogP contribution is -2.43. The summed E-state index contributed by atoms with van der Waals surface area (Å²) < 4.78 is 0.303. The van der Waals surface area contributed by atoms with Gasteiger partial charge in [-0.25, -0.2) is 0 Å². The van der Waals surface area contributed by atoms with Gasteiger partial charge < -0.3 is 5.32 Å². The number of hydrogen-bond acceptors (Lipinski definition) is 4. The zero-order valence-electron chi connectivity index (χ0n) is 7.66. The number of aromatic nitrogens is 2. The molecule has 1 heterocycles. The van der Waals surface area contributed by atoms with Gasteiger partial charge in [0.15, 0.2) is 0 Å². The first kappa shape index (κ1) is 9.86. The highest BCUT2D eigenvalue weighted by atomic mass is 35.5. The molecule has 0 radical (unpaired) electrons. The van der Waals surface area contributed by atoms with Gasteiger partial charge in [0.1, 0.15) is 0 Å². The number of rotatable bonds is 2. The van der Waals surface area contributed by atoms with Crippen LogP contribution >= 0.6 is 22.9 Å². The van der Waals surface area contributed by atoms with E-state index in [1.165, 1.54) is 0 Å². The monoisotopic (exact) mass is 231 g/mol. The quantitative estimate of drug-likeness (QED) is 0.843. The lowest BCUT2D eigenvalue weighted by molar-refractivity contribution is 0.0895. The summed E-state index contributed by atoms with van der Waals surface area (Å²) in [5.41, 5.74) is 0. The Balaban J connectivity index is 1.90. The van der Waals surface area contributed by atoms with Crippen LogP contribution in [0.15, 0.2) is 0 Å². The highest BCUT2D eigenvalue weighted by molar-refractivity contribution is 7.17. The standard InChI is InChI=1S/C8H10ClN3OS/c1-4-2-5(3-4)10-6(13)7-11-12-8(9)14-7/h4-5H,2-3H2,1H3,(H,10,13). The third-order valence-electron chi connectivity index (χ3n) is 2.30. The number of carbonyl (C=O) groups excluding carboxylic acids is 1. The molecule has 2 rings (SSSR count). The van der Waals surface area contributed by atoms with Crippen LogP contribution in [0, 0.1) is 5.92 Å². The lowest BCUT2D eigenvalue weighted by Gasteiger charge is -2.32. The molecule has 0 saturated heterocycles. The maximum absolute atomic E-state index is 11.5. The first-order valence-electron chi connectivity index (χ1n) is 4.45. The second kappa shape index (κ2) is 3.82. The van der Waals surface area contributed by atoms with Crippen LogP contribution in [-0.4, -0.2) is 22.1 Å². The fourth-order valence-electron chi connectivity index (χ4n) is 1.56. The Kier molecular flexibility index (Phi) is 2.69. The first-order valence-corrected chi connectivity index (χ1v) is 5.64. The zero-order chi connectivity index (χ0) is 10.1. The topological polar surface area (TPSA) is 54.9 Å². The van der Waals surface area contributed by atoms with Gasteiger partial charge in [-0.2, -0.15) is 0 Å². The maximum Gasteiger partial charge on any atom is 0.282 e. The molecule has 1 saturated carbocycles. The molecule has 1 aromatic heterocycles. The molecule has 1 aromatic rings. The van der Waals surface area contributed by atoms with Crippen molar-refractivity contribution in [1.82, 2.24) is 15.5 Å². The molecule has 0 bridgehead atoms. The number of nitrogens with one attached hydrogen (secondary N) is 1. The van der Waals surface area contributed by atoms with Crippen molar-refractivity contribution >= 4 is 28.8 Å². The van der Waals surface area contributed by atoms with Crippen molar-refractivity contribution in [2.75, 3.05) is 0 Å². The molecular weight excluding hydrogens is 222 g/mol. The van der Waals surface area contributed by atoms with E-state index in [2.05, 4.69) is 22.4 Å². The smallest absolute Gasteiger partial charge is 0.282 e. The number of halogens is 1. The van der Waals surface area contributed by atoms with Gasteiger partial charge in [0.2, 0.25) is 9.47 Å². The second-order valence-electron chi connectivity index (χ2n) is 3.61.